The maximum absolute atomic E-state index is 10.2. The highest BCUT2D eigenvalue weighted by atomic mass is 16.5. The van der Waals surface area contributed by atoms with Crippen LogP contribution in [0.2, 0.25) is 0 Å². The second-order valence-corrected chi connectivity index (χ2v) is 5.34. The molecule has 0 aliphatic rings. The predicted molar refractivity (Wildman–Crippen MR) is 89.6 cm³/mol. The van der Waals surface area contributed by atoms with E-state index in [1.165, 1.54) is 0 Å². The molecule has 1 N–H and O–H groups in total. The minimum atomic E-state index is -0.522. The lowest BCUT2D eigenvalue weighted by atomic mass is 10.2. The number of ether oxygens (including phenoxy) is 1. The molecule has 1 unspecified atom stereocenters. The van der Waals surface area contributed by atoms with Gasteiger partial charge in [-0.2, -0.15) is 0 Å². The number of hydrogen-bond acceptors (Lipinski definition) is 3. The molecule has 0 amide bonds. The number of para-hydroxylation sites is 1. The lowest BCUT2D eigenvalue weighted by molar-refractivity contribution is 0.0622. The van der Waals surface area contributed by atoms with E-state index < -0.39 is 6.10 Å². The number of aliphatic hydroxyl groups is 1. The number of nitrogens with zero attached hydrogens (tertiary/aromatic N) is 1. The van der Waals surface area contributed by atoms with Crippen molar-refractivity contribution in [1.29, 1.82) is 0 Å². The van der Waals surface area contributed by atoms with Gasteiger partial charge in [0, 0.05) is 24.7 Å². The Balaban J connectivity index is 2.56. The van der Waals surface area contributed by atoms with E-state index in [-0.39, 0.29) is 6.61 Å². The van der Waals surface area contributed by atoms with Gasteiger partial charge in [0.2, 0.25) is 0 Å². The Morgan fingerprint density at radius 1 is 1.33 bits per heavy atom. The molecule has 0 aliphatic carbocycles. The fourth-order valence-corrected chi connectivity index (χ4v) is 2.10. The minimum Gasteiger partial charge on any atom is -0.490 e. The van der Waals surface area contributed by atoms with Crippen molar-refractivity contribution in [3.05, 3.63) is 48.6 Å². The fraction of sp³-hybridized carbons (Fsp3) is 0.444. The highest BCUT2D eigenvalue weighted by Crippen LogP contribution is 2.19. The Labute approximate surface area is 128 Å². The maximum atomic E-state index is 10.2. The SMILES string of the molecule is C=CCN(CC(O)COc1ccccc1/C=C/C)C(C)C. The molecular weight excluding hydrogens is 262 g/mol. The van der Waals surface area contributed by atoms with Gasteiger partial charge in [0.05, 0.1) is 0 Å². The van der Waals surface area contributed by atoms with E-state index in [1.54, 1.807) is 0 Å². The van der Waals surface area contributed by atoms with Gasteiger partial charge in [-0.15, -0.1) is 6.58 Å². The summed E-state index contributed by atoms with van der Waals surface area (Å²) < 4.78 is 5.76. The van der Waals surface area contributed by atoms with E-state index in [2.05, 4.69) is 25.3 Å². The first-order chi connectivity index (χ1) is 10.1. The van der Waals surface area contributed by atoms with Gasteiger partial charge in [-0.05, 0) is 26.8 Å². The fourth-order valence-electron chi connectivity index (χ4n) is 2.10. The van der Waals surface area contributed by atoms with Crippen molar-refractivity contribution in [2.24, 2.45) is 0 Å². The third-order valence-electron chi connectivity index (χ3n) is 3.24. The summed E-state index contributed by atoms with van der Waals surface area (Å²) in [5.41, 5.74) is 1.03. The smallest absolute Gasteiger partial charge is 0.126 e. The van der Waals surface area contributed by atoms with E-state index in [0.29, 0.717) is 12.6 Å². The molecule has 0 saturated carbocycles. The van der Waals surface area contributed by atoms with Crippen molar-refractivity contribution in [1.82, 2.24) is 4.90 Å². The number of aliphatic hydroxyl groups excluding tert-OH is 1. The van der Waals surface area contributed by atoms with Gasteiger partial charge < -0.3 is 9.84 Å². The van der Waals surface area contributed by atoms with Gasteiger partial charge in [0.1, 0.15) is 18.5 Å². The van der Waals surface area contributed by atoms with Gasteiger partial charge in [0.15, 0.2) is 0 Å². The molecule has 1 aromatic rings. The second kappa shape index (κ2) is 9.37. The lowest BCUT2D eigenvalue weighted by Gasteiger charge is -2.27. The Bertz CT molecular complexity index is 454. The molecule has 0 aromatic heterocycles. The third-order valence-corrected chi connectivity index (χ3v) is 3.24. The molecule has 0 spiro atoms. The molecule has 1 aromatic carbocycles. The van der Waals surface area contributed by atoms with Crippen LogP contribution in [0.15, 0.2) is 43.0 Å². The minimum absolute atomic E-state index is 0.287. The molecule has 0 bridgehead atoms. The van der Waals surface area contributed by atoms with Crippen LogP contribution < -0.4 is 4.74 Å². The summed E-state index contributed by atoms with van der Waals surface area (Å²) in [5.74, 6) is 0.800. The maximum Gasteiger partial charge on any atom is 0.126 e. The lowest BCUT2D eigenvalue weighted by Crippen LogP contribution is -2.39. The summed E-state index contributed by atoms with van der Waals surface area (Å²) in [6.45, 7) is 11.6. The zero-order valence-electron chi connectivity index (χ0n) is 13.3. The van der Waals surface area contributed by atoms with Crippen molar-refractivity contribution < 1.29 is 9.84 Å². The van der Waals surface area contributed by atoms with Gasteiger partial charge in [0.25, 0.3) is 0 Å². The van der Waals surface area contributed by atoms with E-state index in [4.69, 9.17) is 4.74 Å². The summed E-state index contributed by atoms with van der Waals surface area (Å²) in [6, 6.07) is 8.20. The molecule has 0 saturated heterocycles. The van der Waals surface area contributed by atoms with Gasteiger partial charge >= 0.3 is 0 Å². The van der Waals surface area contributed by atoms with Crippen LogP contribution in [-0.2, 0) is 0 Å². The molecule has 3 heteroatoms. The van der Waals surface area contributed by atoms with Crippen LogP contribution in [0.3, 0.4) is 0 Å². The topological polar surface area (TPSA) is 32.7 Å². The van der Waals surface area contributed by atoms with Crippen molar-refractivity contribution in [2.45, 2.75) is 32.9 Å². The average molecular weight is 289 g/mol. The molecule has 1 rings (SSSR count). The van der Waals surface area contributed by atoms with Crippen LogP contribution >= 0.6 is 0 Å². The first-order valence-electron chi connectivity index (χ1n) is 7.46. The molecule has 0 heterocycles. The third kappa shape index (κ3) is 6.15. The summed E-state index contributed by atoms with van der Waals surface area (Å²) >= 11 is 0. The van der Waals surface area contributed by atoms with Crippen LogP contribution in [-0.4, -0.2) is 41.8 Å². The Hall–Kier alpha value is -1.58. The molecule has 0 radical (unpaired) electrons. The molecule has 3 nitrogen and oxygen atoms in total. The van der Waals surface area contributed by atoms with Crippen molar-refractivity contribution in [2.75, 3.05) is 19.7 Å². The first-order valence-corrected chi connectivity index (χ1v) is 7.46. The van der Waals surface area contributed by atoms with Gasteiger partial charge in [-0.1, -0.05) is 36.4 Å². The van der Waals surface area contributed by atoms with E-state index in [1.807, 2.05) is 49.4 Å². The van der Waals surface area contributed by atoms with Crippen LogP contribution in [0.25, 0.3) is 6.08 Å². The van der Waals surface area contributed by atoms with Crippen molar-refractivity contribution >= 4 is 6.08 Å². The molecule has 21 heavy (non-hydrogen) atoms. The van der Waals surface area contributed by atoms with Crippen LogP contribution in [0, 0.1) is 0 Å². The Morgan fingerprint density at radius 2 is 2.05 bits per heavy atom. The van der Waals surface area contributed by atoms with Gasteiger partial charge in [-0.3, -0.25) is 4.90 Å². The van der Waals surface area contributed by atoms with Crippen LogP contribution in [0.1, 0.15) is 26.3 Å². The van der Waals surface area contributed by atoms with Gasteiger partial charge in [-0.25, -0.2) is 0 Å². The molecule has 1 atom stereocenters. The average Bonchev–Trinajstić information content (AvgIpc) is 2.46. The number of benzene rings is 1. The predicted octanol–water partition coefficient (Wildman–Crippen LogP) is 3.36. The number of rotatable bonds is 9. The second-order valence-electron chi connectivity index (χ2n) is 5.34. The van der Waals surface area contributed by atoms with E-state index in [0.717, 1.165) is 17.9 Å². The summed E-state index contributed by atoms with van der Waals surface area (Å²) in [5, 5.41) is 10.2. The normalized spacial score (nSPS) is 13.0. The molecule has 116 valence electrons. The van der Waals surface area contributed by atoms with Crippen LogP contribution in [0.4, 0.5) is 0 Å². The number of allylic oxidation sites excluding steroid dienone is 1. The standard InChI is InChI=1S/C18H27NO2/c1-5-9-16-10-7-8-11-18(16)21-14-17(20)13-19(12-6-2)15(3)4/h5-11,15,17,20H,2,12-14H2,1,3-4H3/b9-5+. The van der Waals surface area contributed by atoms with E-state index in [9.17, 15) is 5.11 Å². The first kappa shape index (κ1) is 17.5. The van der Waals surface area contributed by atoms with Crippen molar-refractivity contribution in [3.63, 3.8) is 0 Å². The number of hydrogen-bond donors (Lipinski definition) is 1. The van der Waals surface area contributed by atoms with E-state index >= 15 is 0 Å². The summed E-state index contributed by atoms with van der Waals surface area (Å²) in [7, 11) is 0. The zero-order valence-corrected chi connectivity index (χ0v) is 13.3. The zero-order chi connectivity index (χ0) is 15.7. The molecular formula is C18H27NO2. The summed E-state index contributed by atoms with van der Waals surface area (Å²) in [6.07, 6.45) is 5.31. The highest BCUT2D eigenvalue weighted by molar-refractivity contribution is 5.56. The Kier molecular flexibility index (Phi) is 7.80. The highest BCUT2D eigenvalue weighted by Gasteiger charge is 2.14. The molecule has 0 fully saturated rings. The quantitative estimate of drug-likeness (QED) is 0.708. The Morgan fingerprint density at radius 3 is 2.67 bits per heavy atom. The molecule has 0 aliphatic heterocycles. The largest absolute Gasteiger partial charge is 0.490 e. The summed E-state index contributed by atoms with van der Waals surface area (Å²) in [4.78, 5) is 2.17. The monoisotopic (exact) mass is 289 g/mol. The van der Waals surface area contributed by atoms with Crippen LogP contribution in [0.5, 0.6) is 5.75 Å². The van der Waals surface area contributed by atoms with Crippen molar-refractivity contribution in [3.8, 4) is 5.75 Å².